The number of methoxy groups -OCH3 is 1. The number of hydrogen-bond donors (Lipinski definition) is 2. The first kappa shape index (κ1) is 16.0. The zero-order chi connectivity index (χ0) is 16.1. The predicted octanol–water partition coefficient (Wildman–Crippen LogP) is 2.92. The fourth-order valence-corrected chi connectivity index (χ4v) is 3.49. The van der Waals surface area contributed by atoms with Crippen LogP contribution in [0.4, 0.5) is 0 Å². The molecule has 23 heavy (non-hydrogen) atoms. The van der Waals surface area contributed by atoms with Crippen LogP contribution in [0, 0.1) is 5.92 Å². The van der Waals surface area contributed by atoms with Crippen LogP contribution in [-0.2, 0) is 19.4 Å². The summed E-state index contributed by atoms with van der Waals surface area (Å²) in [6.07, 6.45) is 3.52. The maximum absolute atomic E-state index is 5.98. The van der Waals surface area contributed by atoms with Crippen molar-refractivity contribution < 1.29 is 4.74 Å². The summed E-state index contributed by atoms with van der Waals surface area (Å²) in [4.78, 5) is 0. The van der Waals surface area contributed by atoms with Gasteiger partial charge in [-0.3, -0.25) is 0 Å². The molecule has 0 heterocycles. The Morgan fingerprint density at radius 1 is 1.09 bits per heavy atom. The molecule has 2 aromatic rings. The summed E-state index contributed by atoms with van der Waals surface area (Å²) in [5.74, 6) is 1.61. The summed E-state index contributed by atoms with van der Waals surface area (Å²) in [5.41, 5.74) is 10.3. The van der Waals surface area contributed by atoms with E-state index in [-0.39, 0.29) is 0 Å². The van der Waals surface area contributed by atoms with Crippen molar-refractivity contribution in [2.75, 3.05) is 13.7 Å². The van der Waals surface area contributed by atoms with Crippen LogP contribution in [0.15, 0.2) is 48.5 Å². The van der Waals surface area contributed by atoms with Crippen LogP contribution in [0.3, 0.4) is 0 Å². The number of rotatable bonds is 7. The summed E-state index contributed by atoms with van der Waals surface area (Å²) >= 11 is 0. The van der Waals surface area contributed by atoms with E-state index < -0.39 is 0 Å². The Bertz CT molecular complexity index is 599. The topological polar surface area (TPSA) is 47.3 Å². The van der Waals surface area contributed by atoms with Crippen LogP contribution < -0.4 is 15.8 Å². The molecule has 0 aromatic heterocycles. The lowest BCUT2D eigenvalue weighted by molar-refractivity contribution is 0.394. The van der Waals surface area contributed by atoms with E-state index in [4.69, 9.17) is 10.5 Å². The zero-order valence-electron chi connectivity index (χ0n) is 13.8. The molecule has 1 atom stereocenters. The van der Waals surface area contributed by atoms with Gasteiger partial charge >= 0.3 is 0 Å². The van der Waals surface area contributed by atoms with Gasteiger partial charge in [0.1, 0.15) is 5.75 Å². The number of nitrogens with two attached hydrogens (primary N) is 1. The maximum Gasteiger partial charge on any atom is 0.118 e. The molecule has 0 amide bonds. The van der Waals surface area contributed by atoms with E-state index in [1.807, 2.05) is 12.1 Å². The smallest absolute Gasteiger partial charge is 0.118 e. The molecule has 3 rings (SSSR count). The van der Waals surface area contributed by atoms with Crippen molar-refractivity contribution in [2.45, 2.75) is 31.8 Å². The van der Waals surface area contributed by atoms with Gasteiger partial charge in [0.25, 0.3) is 0 Å². The average Bonchev–Trinajstić information content (AvgIpc) is 3.01. The molecular formula is C20H26N2O. The lowest BCUT2D eigenvalue weighted by atomic mass is 9.96. The van der Waals surface area contributed by atoms with E-state index in [2.05, 4.69) is 41.7 Å². The zero-order valence-corrected chi connectivity index (χ0v) is 13.8. The largest absolute Gasteiger partial charge is 0.497 e. The Morgan fingerprint density at radius 3 is 2.30 bits per heavy atom. The minimum absolute atomic E-state index is 0.372. The first-order chi connectivity index (χ1) is 11.3. The summed E-state index contributed by atoms with van der Waals surface area (Å²) < 4.78 is 5.19. The third kappa shape index (κ3) is 4.12. The highest BCUT2D eigenvalue weighted by Crippen LogP contribution is 2.29. The first-order valence-electron chi connectivity index (χ1n) is 8.41. The first-order valence-corrected chi connectivity index (χ1v) is 8.41. The molecule has 0 radical (unpaired) electrons. The number of nitrogens with one attached hydrogen (secondary N) is 1. The summed E-state index contributed by atoms with van der Waals surface area (Å²) in [5, 5.41) is 3.61. The third-order valence-electron chi connectivity index (χ3n) is 4.79. The van der Waals surface area contributed by atoms with Gasteiger partial charge in [-0.05, 0) is 54.0 Å². The van der Waals surface area contributed by atoms with Gasteiger partial charge in [-0.2, -0.15) is 0 Å². The summed E-state index contributed by atoms with van der Waals surface area (Å²) in [6.45, 7) is 1.54. The van der Waals surface area contributed by atoms with Crippen molar-refractivity contribution in [3.05, 3.63) is 65.2 Å². The maximum atomic E-state index is 5.98. The lowest BCUT2D eigenvalue weighted by Crippen LogP contribution is -2.37. The number of benzene rings is 2. The Hall–Kier alpha value is -1.84. The van der Waals surface area contributed by atoms with Crippen LogP contribution in [0.25, 0.3) is 0 Å². The van der Waals surface area contributed by atoms with Crippen molar-refractivity contribution in [1.82, 2.24) is 5.32 Å². The van der Waals surface area contributed by atoms with E-state index in [1.54, 1.807) is 7.11 Å². The average molecular weight is 310 g/mol. The molecule has 0 saturated carbocycles. The molecule has 0 bridgehead atoms. The van der Waals surface area contributed by atoms with Crippen molar-refractivity contribution in [1.29, 1.82) is 0 Å². The fourth-order valence-electron chi connectivity index (χ4n) is 3.49. The van der Waals surface area contributed by atoms with Crippen LogP contribution in [-0.4, -0.2) is 19.7 Å². The van der Waals surface area contributed by atoms with E-state index in [1.165, 1.54) is 29.5 Å². The van der Waals surface area contributed by atoms with E-state index in [9.17, 15) is 0 Å². The van der Waals surface area contributed by atoms with Gasteiger partial charge in [0.2, 0.25) is 0 Å². The van der Waals surface area contributed by atoms with Crippen LogP contribution in [0.1, 0.15) is 23.1 Å². The second-order valence-corrected chi connectivity index (χ2v) is 6.44. The molecule has 122 valence electrons. The molecule has 1 aliphatic carbocycles. The Kier molecular flexibility index (Phi) is 5.31. The highest BCUT2D eigenvalue weighted by Gasteiger charge is 2.23. The Labute approximate surface area is 138 Å². The van der Waals surface area contributed by atoms with Crippen molar-refractivity contribution in [3.8, 4) is 5.75 Å². The van der Waals surface area contributed by atoms with Gasteiger partial charge in [0, 0.05) is 19.1 Å². The molecule has 1 unspecified atom stereocenters. The Balaban J connectivity index is 1.50. The molecule has 3 heteroatoms. The minimum atomic E-state index is 0.372. The number of fused-ring (bicyclic) bond motifs is 1. The van der Waals surface area contributed by atoms with Gasteiger partial charge in [0.05, 0.1) is 7.11 Å². The molecule has 0 spiro atoms. The number of ether oxygens (including phenoxy) is 1. The molecule has 0 fully saturated rings. The SMILES string of the molecule is COc1ccc(CNC(CN)CC2Cc3ccccc3C2)cc1. The standard InChI is InChI=1S/C20H26N2O/c1-23-20-8-6-15(7-9-20)14-22-19(13-21)12-16-10-17-4-2-3-5-18(17)11-16/h2-9,16,19,22H,10-14,21H2,1H3. The Morgan fingerprint density at radius 2 is 1.74 bits per heavy atom. The van der Waals surface area contributed by atoms with Gasteiger partial charge in [-0.1, -0.05) is 36.4 Å². The van der Waals surface area contributed by atoms with Crippen molar-refractivity contribution in [2.24, 2.45) is 11.7 Å². The lowest BCUT2D eigenvalue weighted by Gasteiger charge is -2.20. The van der Waals surface area contributed by atoms with Crippen LogP contribution in [0.2, 0.25) is 0 Å². The molecule has 3 N–H and O–H groups in total. The molecule has 0 aliphatic heterocycles. The summed E-state index contributed by atoms with van der Waals surface area (Å²) in [6, 6.07) is 17.4. The normalized spacial score (nSPS) is 15.4. The van der Waals surface area contributed by atoms with Crippen LogP contribution in [0.5, 0.6) is 5.75 Å². The molecule has 3 nitrogen and oxygen atoms in total. The van der Waals surface area contributed by atoms with Crippen LogP contribution >= 0.6 is 0 Å². The molecular weight excluding hydrogens is 284 g/mol. The monoisotopic (exact) mass is 310 g/mol. The van der Waals surface area contributed by atoms with Crippen molar-refractivity contribution >= 4 is 0 Å². The quantitative estimate of drug-likeness (QED) is 0.826. The van der Waals surface area contributed by atoms with Gasteiger partial charge in [0.15, 0.2) is 0 Å². The highest BCUT2D eigenvalue weighted by atomic mass is 16.5. The second kappa shape index (κ2) is 7.62. The fraction of sp³-hybridized carbons (Fsp3) is 0.400. The van der Waals surface area contributed by atoms with E-state index >= 15 is 0 Å². The number of hydrogen-bond acceptors (Lipinski definition) is 3. The van der Waals surface area contributed by atoms with Gasteiger partial charge in [-0.15, -0.1) is 0 Å². The van der Waals surface area contributed by atoms with Gasteiger partial charge < -0.3 is 15.8 Å². The van der Waals surface area contributed by atoms with E-state index in [0.717, 1.165) is 18.7 Å². The van der Waals surface area contributed by atoms with Crippen molar-refractivity contribution in [3.63, 3.8) is 0 Å². The third-order valence-corrected chi connectivity index (χ3v) is 4.79. The second-order valence-electron chi connectivity index (χ2n) is 6.44. The molecule has 0 saturated heterocycles. The highest BCUT2D eigenvalue weighted by molar-refractivity contribution is 5.32. The van der Waals surface area contributed by atoms with E-state index in [0.29, 0.717) is 18.5 Å². The molecule has 2 aromatic carbocycles. The molecule has 1 aliphatic rings. The minimum Gasteiger partial charge on any atom is -0.497 e. The summed E-state index contributed by atoms with van der Waals surface area (Å²) in [7, 11) is 1.69. The van der Waals surface area contributed by atoms with Gasteiger partial charge in [-0.25, -0.2) is 0 Å². The predicted molar refractivity (Wildman–Crippen MR) is 94.6 cm³/mol.